The van der Waals surface area contributed by atoms with Gasteiger partial charge in [-0.25, -0.2) is 0 Å². The van der Waals surface area contributed by atoms with Gasteiger partial charge in [-0.1, -0.05) is 58.0 Å². The lowest BCUT2D eigenvalue weighted by atomic mass is 9.82. The fraction of sp³-hybridized carbons (Fsp3) is 0.600. The SMILES string of the molecule is CC(CC(N)c1ccccc1)CC(C)(C)C. The zero-order valence-electron chi connectivity index (χ0n) is 11.0. The van der Waals surface area contributed by atoms with E-state index in [2.05, 4.69) is 52.0 Å². The molecule has 1 nitrogen and oxygen atoms in total. The highest BCUT2D eigenvalue weighted by molar-refractivity contribution is 5.18. The zero-order valence-corrected chi connectivity index (χ0v) is 11.0. The van der Waals surface area contributed by atoms with Gasteiger partial charge in [0.05, 0.1) is 0 Å². The molecule has 0 aliphatic heterocycles. The van der Waals surface area contributed by atoms with Crippen molar-refractivity contribution in [1.29, 1.82) is 0 Å². The van der Waals surface area contributed by atoms with Crippen LogP contribution in [0.1, 0.15) is 52.1 Å². The van der Waals surface area contributed by atoms with Gasteiger partial charge in [-0.05, 0) is 29.7 Å². The number of hydrogen-bond donors (Lipinski definition) is 1. The highest BCUT2D eigenvalue weighted by Gasteiger charge is 2.17. The van der Waals surface area contributed by atoms with Crippen LogP contribution in [0.5, 0.6) is 0 Å². The standard InChI is InChI=1S/C15H25N/c1-12(11-15(2,3)4)10-14(16)13-8-6-5-7-9-13/h5-9,12,14H,10-11,16H2,1-4H3. The topological polar surface area (TPSA) is 26.0 Å². The van der Waals surface area contributed by atoms with Gasteiger partial charge in [0, 0.05) is 6.04 Å². The lowest BCUT2D eigenvalue weighted by molar-refractivity contribution is 0.286. The second-order valence-corrected chi connectivity index (χ2v) is 6.12. The normalized spacial score (nSPS) is 15.8. The molecule has 0 aliphatic carbocycles. The van der Waals surface area contributed by atoms with Crippen molar-refractivity contribution in [2.75, 3.05) is 0 Å². The first-order valence-electron chi connectivity index (χ1n) is 6.19. The summed E-state index contributed by atoms with van der Waals surface area (Å²) in [5.74, 6) is 0.676. The molecule has 2 N–H and O–H groups in total. The Morgan fingerprint density at radius 1 is 1.12 bits per heavy atom. The Hall–Kier alpha value is -0.820. The van der Waals surface area contributed by atoms with E-state index in [9.17, 15) is 0 Å². The first kappa shape index (κ1) is 13.2. The minimum Gasteiger partial charge on any atom is -0.324 e. The summed E-state index contributed by atoms with van der Waals surface area (Å²) in [7, 11) is 0. The van der Waals surface area contributed by atoms with Gasteiger partial charge >= 0.3 is 0 Å². The Labute approximate surface area is 100 Å². The smallest absolute Gasteiger partial charge is 0.0297 e. The highest BCUT2D eigenvalue weighted by atomic mass is 14.6. The summed E-state index contributed by atoms with van der Waals surface area (Å²) in [5.41, 5.74) is 7.87. The number of rotatable bonds is 4. The Kier molecular flexibility index (Phi) is 4.55. The van der Waals surface area contributed by atoms with Crippen LogP contribution in [0.4, 0.5) is 0 Å². The summed E-state index contributed by atoms with van der Waals surface area (Å²) < 4.78 is 0. The Bertz CT molecular complexity index is 297. The molecule has 0 spiro atoms. The van der Waals surface area contributed by atoms with Crippen LogP contribution in [0.15, 0.2) is 30.3 Å². The molecular formula is C15H25N. The Balaban J connectivity index is 2.49. The lowest BCUT2D eigenvalue weighted by Crippen LogP contribution is -2.18. The Morgan fingerprint density at radius 2 is 1.69 bits per heavy atom. The van der Waals surface area contributed by atoms with Crippen molar-refractivity contribution in [1.82, 2.24) is 0 Å². The Morgan fingerprint density at radius 3 is 2.19 bits per heavy atom. The number of nitrogens with two attached hydrogens (primary N) is 1. The van der Waals surface area contributed by atoms with Crippen LogP contribution in [0.2, 0.25) is 0 Å². The largest absolute Gasteiger partial charge is 0.324 e. The fourth-order valence-electron chi connectivity index (χ4n) is 2.40. The third-order valence-electron chi connectivity index (χ3n) is 2.84. The van der Waals surface area contributed by atoms with Gasteiger partial charge < -0.3 is 5.73 Å². The maximum Gasteiger partial charge on any atom is 0.0297 e. The van der Waals surface area contributed by atoms with Crippen molar-refractivity contribution in [2.24, 2.45) is 17.1 Å². The summed E-state index contributed by atoms with van der Waals surface area (Å²) >= 11 is 0. The van der Waals surface area contributed by atoms with Crippen LogP contribution in [-0.2, 0) is 0 Å². The van der Waals surface area contributed by atoms with E-state index in [0.29, 0.717) is 11.3 Å². The zero-order chi connectivity index (χ0) is 12.2. The molecule has 1 rings (SSSR count). The predicted molar refractivity (Wildman–Crippen MR) is 71.2 cm³/mol. The summed E-state index contributed by atoms with van der Waals surface area (Å²) in [6.45, 7) is 9.17. The van der Waals surface area contributed by atoms with Crippen molar-refractivity contribution in [2.45, 2.75) is 46.6 Å². The molecule has 0 bridgehead atoms. The molecule has 0 radical (unpaired) electrons. The van der Waals surface area contributed by atoms with Gasteiger partial charge in [-0.3, -0.25) is 0 Å². The summed E-state index contributed by atoms with van der Waals surface area (Å²) in [6.07, 6.45) is 2.30. The van der Waals surface area contributed by atoms with E-state index >= 15 is 0 Å². The minimum absolute atomic E-state index is 0.179. The molecule has 2 atom stereocenters. The van der Waals surface area contributed by atoms with E-state index in [-0.39, 0.29) is 6.04 Å². The summed E-state index contributed by atoms with van der Waals surface area (Å²) in [6, 6.07) is 10.6. The molecule has 2 unspecified atom stereocenters. The molecule has 1 aromatic carbocycles. The van der Waals surface area contributed by atoms with Gasteiger partial charge in [0.15, 0.2) is 0 Å². The van der Waals surface area contributed by atoms with Crippen molar-refractivity contribution >= 4 is 0 Å². The van der Waals surface area contributed by atoms with Crippen LogP contribution in [0.3, 0.4) is 0 Å². The number of hydrogen-bond acceptors (Lipinski definition) is 1. The van der Waals surface area contributed by atoms with Crippen molar-refractivity contribution < 1.29 is 0 Å². The molecule has 0 saturated carbocycles. The first-order chi connectivity index (χ1) is 7.38. The van der Waals surface area contributed by atoms with E-state index in [0.717, 1.165) is 6.42 Å². The minimum atomic E-state index is 0.179. The summed E-state index contributed by atoms with van der Waals surface area (Å²) in [5, 5.41) is 0. The van der Waals surface area contributed by atoms with Crippen LogP contribution in [0, 0.1) is 11.3 Å². The first-order valence-corrected chi connectivity index (χ1v) is 6.19. The van der Waals surface area contributed by atoms with Crippen LogP contribution in [0.25, 0.3) is 0 Å². The molecule has 90 valence electrons. The molecular weight excluding hydrogens is 194 g/mol. The average Bonchev–Trinajstić information content (AvgIpc) is 2.16. The van der Waals surface area contributed by atoms with Crippen molar-refractivity contribution in [3.8, 4) is 0 Å². The molecule has 0 aliphatic rings. The second kappa shape index (κ2) is 5.49. The summed E-state index contributed by atoms with van der Waals surface area (Å²) in [4.78, 5) is 0. The van der Waals surface area contributed by atoms with Gasteiger partial charge in [-0.2, -0.15) is 0 Å². The molecule has 0 heterocycles. The maximum absolute atomic E-state index is 6.21. The monoisotopic (exact) mass is 219 g/mol. The third-order valence-corrected chi connectivity index (χ3v) is 2.84. The van der Waals surface area contributed by atoms with Crippen LogP contribution in [-0.4, -0.2) is 0 Å². The lowest BCUT2D eigenvalue weighted by Gasteiger charge is -2.25. The molecule has 0 fully saturated rings. The molecule has 1 aromatic rings. The van der Waals surface area contributed by atoms with Gasteiger partial charge in [0.25, 0.3) is 0 Å². The quantitative estimate of drug-likeness (QED) is 0.809. The molecule has 1 heteroatoms. The van der Waals surface area contributed by atoms with Crippen LogP contribution < -0.4 is 5.73 Å². The molecule has 0 amide bonds. The van der Waals surface area contributed by atoms with Crippen molar-refractivity contribution in [3.63, 3.8) is 0 Å². The average molecular weight is 219 g/mol. The van der Waals surface area contributed by atoms with Gasteiger partial charge in [0.1, 0.15) is 0 Å². The van der Waals surface area contributed by atoms with Gasteiger partial charge in [0.2, 0.25) is 0 Å². The predicted octanol–water partition coefficient (Wildman–Crippen LogP) is 4.15. The van der Waals surface area contributed by atoms with E-state index in [1.165, 1.54) is 12.0 Å². The number of benzene rings is 1. The van der Waals surface area contributed by atoms with Crippen LogP contribution >= 0.6 is 0 Å². The molecule has 0 aromatic heterocycles. The third kappa shape index (κ3) is 4.80. The maximum atomic E-state index is 6.21. The van der Waals surface area contributed by atoms with Crippen molar-refractivity contribution in [3.05, 3.63) is 35.9 Å². The second-order valence-electron chi connectivity index (χ2n) is 6.12. The van der Waals surface area contributed by atoms with E-state index in [4.69, 9.17) is 5.73 Å². The fourth-order valence-corrected chi connectivity index (χ4v) is 2.40. The molecule has 16 heavy (non-hydrogen) atoms. The van der Waals surface area contributed by atoms with E-state index in [1.54, 1.807) is 0 Å². The van der Waals surface area contributed by atoms with E-state index < -0.39 is 0 Å². The van der Waals surface area contributed by atoms with E-state index in [1.807, 2.05) is 6.07 Å². The highest BCUT2D eigenvalue weighted by Crippen LogP contribution is 2.29. The van der Waals surface area contributed by atoms with Gasteiger partial charge in [-0.15, -0.1) is 0 Å². The molecule has 0 saturated heterocycles.